The Morgan fingerprint density at radius 2 is 0.353 bits per heavy atom. The molecule has 0 aliphatic rings. The standard InChI is InChI=1S/3BF4.ClH.Li.H/c3*2-1(3,4)5;;;/h;;;1H;;/q3*-1;;;. The normalized spacial score (nSPS) is 10.6. The Bertz CT molecular complexity index is 96.8. The van der Waals surface area contributed by atoms with Gasteiger partial charge in [0.05, 0.1) is 0 Å². The number of halogens is 13. The molecule has 17 heteroatoms. The molecule has 0 bridgehead atoms. The van der Waals surface area contributed by atoms with Crippen LogP contribution in [0.3, 0.4) is 0 Å². The van der Waals surface area contributed by atoms with Crippen molar-refractivity contribution in [3.8, 4) is 0 Å². The third kappa shape index (κ3) is 56200. The fraction of sp³-hybridized carbons (Fsp3) is 0. The minimum atomic E-state index is -6.00. The Morgan fingerprint density at radius 1 is 0.353 bits per heavy atom. The summed E-state index contributed by atoms with van der Waals surface area (Å²) < 4.78 is 117. The summed E-state index contributed by atoms with van der Waals surface area (Å²) in [4.78, 5) is 0. The zero-order valence-corrected chi connectivity index (χ0v) is 7.49. The summed E-state index contributed by atoms with van der Waals surface area (Å²) in [6.07, 6.45) is 0. The molecule has 17 heavy (non-hydrogen) atoms. The molecule has 0 aliphatic heterocycles. The van der Waals surface area contributed by atoms with E-state index >= 15 is 0 Å². The van der Waals surface area contributed by atoms with E-state index < -0.39 is 21.8 Å². The molecule has 0 fully saturated rings. The van der Waals surface area contributed by atoms with Gasteiger partial charge >= 0.3 is 40.6 Å². The van der Waals surface area contributed by atoms with Crippen molar-refractivity contribution in [2.24, 2.45) is 0 Å². The van der Waals surface area contributed by atoms with Crippen LogP contribution in [0.15, 0.2) is 0 Å². The molecule has 106 valence electrons. The second-order valence-electron chi connectivity index (χ2n) is 1.48. The summed E-state index contributed by atoms with van der Waals surface area (Å²) in [5, 5.41) is 0. The first-order valence-corrected chi connectivity index (χ1v) is 2.62. The van der Waals surface area contributed by atoms with Gasteiger partial charge < -0.3 is 51.8 Å². The van der Waals surface area contributed by atoms with Gasteiger partial charge in [0.15, 0.2) is 0 Å². The van der Waals surface area contributed by atoms with Crippen molar-refractivity contribution in [3.63, 3.8) is 0 Å². The second-order valence-corrected chi connectivity index (χ2v) is 1.48. The van der Waals surface area contributed by atoms with Crippen LogP contribution in [0.2, 0.25) is 0 Å². The van der Waals surface area contributed by atoms with Crippen molar-refractivity contribution in [2.75, 3.05) is 0 Å². The van der Waals surface area contributed by atoms with E-state index in [0.717, 1.165) is 0 Å². The molecule has 0 heterocycles. The van der Waals surface area contributed by atoms with E-state index in [1.54, 1.807) is 0 Å². The number of rotatable bonds is 0. The van der Waals surface area contributed by atoms with Crippen molar-refractivity contribution in [2.45, 2.75) is 0 Å². The quantitative estimate of drug-likeness (QED) is 0.473. The van der Waals surface area contributed by atoms with Gasteiger partial charge in [-0.1, -0.05) is 0 Å². The summed E-state index contributed by atoms with van der Waals surface area (Å²) in [7, 11) is -18.0. The summed E-state index contributed by atoms with van der Waals surface area (Å²) in [6.45, 7) is 0. The number of hydrogen-bond acceptors (Lipinski definition) is 0. The Balaban J connectivity index is -0.0000000400. The molecule has 0 N–H and O–H groups in total. The van der Waals surface area contributed by atoms with E-state index in [-0.39, 0.29) is 31.3 Å². The van der Waals surface area contributed by atoms with Crippen molar-refractivity contribution < 1.29 is 51.8 Å². The monoisotopic (exact) mass is 305 g/mol. The molecule has 0 nitrogen and oxygen atoms in total. The van der Waals surface area contributed by atoms with Gasteiger partial charge in [-0.2, -0.15) is 0 Å². The van der Waals surface area contributed by atoms with Crippen LogP contribution in [0.5, 0.6) is 0 Å². The van der Waals surface area contributed by atoms with E-state index in [0.29, 0.717) is 0 Å². The molecule has 0 radical (unpaired) electrons. The third-order valence-corrected chi connectivity index (χ3v) is 0. The Labute approximate surface area is 105 Å². The zero-order chi connectivity index (χ0) is 13.5. The SMILES string of the molecule is Cl.F[B-](F)(F)F.F[B-](F)(F)F.F[B-](F)(F)F.[LiH]. The summed E-state index contributed by atoms with van der Waals surface area (Å²) in [5.41, 5.74) is 0. The molecule has 0 unspecified atom stereocenters. The van der Waals surface area contributed by atoms with Crippen LogP contribution in [0, 0.1) is 0 Å². The molecule has 0 aromatic carbocycles. The van der Waals surface area contributed by atoms with Gasteiger partial charge in [0, 0.05) is 0 Å². The average Bonchev–Trinajstić information content (AvgIpc) is 1.41. The summed E-state index contributed by atoms with van der Waals surface area (Å²) in [6, 6.07) is 0. The first-order valence-electron chi connectivity index (χ1n) is 2.62. The summed E-state index contributed by atoms with van der Waals surface area (Å²) in [5.74, 6) is 0. The fourth-order valence-corrected chi connectivity index (χ4v) is 0. The molecule has 0 aromatic rings. The maximum atomic E-state index is 9.75. The van der Waals surface area contributed by atoms with Crippen LogP contribution < -0.4 is 0 Å². The topological polar surface area (TPSA) is 0 Å². The molecule has 0 spiro atoms. The fourth-order valence-electron chi connectivity index (χ4n) is 0. The Kier molecular flexibility index (Phi) is 20.2. The van der Waals surface area contributed by atoms with Gasteiger partial charge in [-0.3, -0.25) is 0 Å². The van der Waals surface area contributed by atoms with Crippen LogP contribution in [0.4, 0.5) is 51.8 Å². The third-order valence-electron chi connectivity index (χ3n) is 0. The van der Waals surface area contributed by atoms with Crippen LogP contribution in [-0.2, 0) is 0 Å². The van der Waals surface area contributed by atoms with Crippen LogP contribution in [-0.4, -0.2) is 40.6 Å². The van der Waals surface area contributed by atoms with Gasteiger partial charge in [-0.15, -0.1) is 12.4 Å². The van der Waals surface area contributed by atoms with Crippen molar-refractivity contribution in [3.05, 3.63) is 0 Å². The second kappa shape index (κ2) is 11.3. The van der Waals surface area contributed by atoms with Gasteiger partial charge in [0.1, 0.15) is 0 Å². The van der Waals surface area contributed by atoms with E-state index in [1.165, 1.54) is 0 Å². The molecular weight excluding hydrogens is 303 g/mol. The first-order chi connectivity index (χ1) is 6.00. The van der Waals surface area contributed by atoms with E-state index in [4.69, 9.17) is 0 Å². The molecule has 0 rings (SSSR count). The first kappa shape index (κ1) is 30.4. The van der Waals surface area contributed by atoms with E-state index in [1.807, 2.05) is 0 Å². The number of hydrogen-bond donors (Lipinski definition) is 0. The van der Waals surface area contributed by atoms with Crippen LogP contribution in [0.1, 0.15) is 0 Å². The molecular formula is H2B3ClF12Li-3. The van der Waals surface area contributed by atoms with Crippen molar-refractivity contribution in [1.82, 2.24) is 0 Å². The Hall–Kier alpha value is 0.242. The molecule has 0 atom stereocenters. The molecule has 0 amide bonds. The van der Waals surface area contributed by atoms with Gasteiger partial charge in [-0.25, -0.2) is 0 Å². The van der Waals surface area contributed by atoms with Gasteiger partial charge in [0.2, 0.25) is 0 Å². The van der Waals surface area contributed by atoms with Crippen LogP contribution in [0.25, 0.3) is 0 Å². The predicted octanol–water partition coefficient (Wildman–Crippen LogP) is 3.67. The van der Waals surface area contributed by atoms with E-state index in [2.05, 4.69) is 0 Å². The van der Waals surface area contributed by atoms with Gasteiger partial charge in [-0.05, 0) is 0 Å². The molecule has 0 saturated heterocycles. The average molecular weight is 305 g/mol. The maximum absolute atomic E-state index is 9.75. The van der Waals surface area contributed by atoms with Gasteiger partial charge in [0.25, 0.3) is 0 Å². The van der Waals surface area contributed by atoms with E-state index in [9.17, 15) is 51.8 Å². The molecule has 0 saturated carbocycles. The van der Waals surface area contributed by atoms with Crippen molar-refractivity contribution in [1.29, 1.82) is 0 Å². The summed E-state index contributed by atoms with van der Waals surface area (Å²) >= 11 is 0. The molecule has 0 aromatic heterocycles. The Morgan fingerprint density at radius 3 is 0.353 bits per heavy atom. The minimum absolute atomic E-state index is 0. The predicted molar refractivity (Wildman–Crippen MR) is 45.0 cm³/mol. The van der Waals surface area contributed by atoms with Crippen LogP contribution >= 0.6 is 12.4 Å². The zero-order valence-electron chi connectivity index (χ0n) is 6.68. The van der Waals surface area contributed by atoms with Crippen molar-refractivity contribution >= 4 is 53.0 Å². The molecule has 0 aliphatic carbocycles.